The third-order valence-corrected chi connectivity index (χ3v) is 2.96. The molecule has 5 heteroatoms. The third kappa shape index (κ3) is 3.07. The van der Waals surface area contributed by atoms with Gasteiger partial charge < -0.3 is 10.6 Å². The van der Waals surface area contributed by atoms with Gasteiger partial charge in [0.2, 0.25) is 11.8 Å². The van der Waals surface area contributed by atoms with Gasteiger partial charge in [-0.2, -0.15) is 0 Å². The molecule has 1 fully saturated rings. The van der Waals surface area contributed by atoms with Crippen LogP contribution in [0, 0.1) is 0 Å². The maximum Gasteiger partial charge on any atom is 0.243 e. The standard InChI is InChI=1S/C13H17N3O2/c1-2-9-3-5-10(6-4-9)16-13(18)11-7-15-12(17)8-14-11/h3-6,11,14H,2,7-8H2,1H3,(H,15,17)(H,16,18). The largest absolute Gasteiger partial charge is 0.353 e. The molecule has 0 saturated carbocycles. The molecule has 1 aliphatic heterocycles. The second-order valence-electron chi connectivity index (χ2n) is 4.28. The molecule has 2 rings (SSSR count). The lowest BCUT2D eigenvalue weighted by Gasteiger charge is -2.23. The van der Waals surface area contributed by atoms with E-state index in [-0.39, 0.29) is 24.4 Å². The Morgan fingerprint density at radius 1 is 1.39 bits per heavy atom. The fraction of sp³-hybridized carbons (Fsp3) is 0.385. The summed E-state index contributed by atoms with van der Waals surface area (Å²) in [5.74, 6) is -0.203. The van der Waals surface area contributed by atoms with E-state index in [1.807, 2.05) is 24.3 Å². The van der Waals surface area contributed by atoms with E-state index >= 15 is 0 Å². The molecule has 1 heterocycles. The van der Waals surface area contributed by atoms with E-state index in [4.69, 9.17) is 0 Å². The van der Waals surface area contributed by atoms with Crippen molar-refractivity contribution in [2.24, 2.45) is 0 Å². The van der Waals surface area contributed by atoms with Gasteiger partial charge >= 0.3 is 0 Å². The number of piperazine rings is 1. The number of aryl methyl sites for hydroxylation is 1. The van der Waals surface area contributed by atoms with E-state index in [1.165, 1.54) is 5.56 Å². The Balaban J connectivity index is 1.92. The number of carbonyl (C=O) groups excluding carboxylic acids is 2. The summed E-state index contributed by atoms with van der Waals surface area (Å²) in [5, 5.41) is 8.37. The molecule has 1 aliphatic rings. The summed E-state index contributed by atoms with van der Waals surface area (Å²) >= 11 is 0. The smallest absolute Gasteiger partial charge is 0.243 e. The fourth-order valence-corrected chi connectivity index (χ4v) is 1.81. The highest BCUT2D eigenvalue weighted by Gasteiger charge is 2.23. The Kier molecular flexibility index (Phi) is 3.94. The van der Waals surface area contributed by atoms with E-state index < -0.39 is 0 Å². The molecule has 0 aromatic heterocycles. The second kappa shape index (κ2) is 5.64. The highest BCUT2D eigenvalue weighted by molar-refractivity contribution is 5.96. The first-order chi connectivity index (χ1) is 8.69. The molecule has 96 valence electrons. The monoisotopic (exact) mass is 247 g/mol. The van der Waals surface area contributed by atoms with Gasteiger partial charge in [-0.15, -0.1) is 0 Å². The van der Waals surface area contributed by atoms with Gasteiger partial charge in [0.25, 0.3) is 0 Å². The summed E-state index contributed by atoms with van der Waals surface area (Å²) in [7, 11) is 0. The molecule has 1 unspecified atom stereocenters. The first kappa shape index (κ1) is 12.6. The average molecular weight is 247 g/mol. The average Bonchev–Trinajstić information content (AvgIpc) is 2.40. The van der Waals surface area contributed by atoms with Gasteiger partial charge in [0.15, 0.2) is 0 Å². The SMILES string of the molecule is CCc1ccc(NC(=O)C2CNC(=O)CN2)cc1. The predicted molar refractivity (Wildman–Crippen MR) is 69.3 cm³/mol. The molecule has 1 aromatic carbocycles. The Labute approximate surface area is 106 Å². The minimum absolute atomic E-state index is 0.0775. The molecule has 0 bridgehead atoms. The Bertz CT molecular complexity index is 432. The lowest BCUT2D eigenvalue weighted by atomic mass is 10.1. The second-order valence-corrected chi connectivity index (χ2v) is 4.28. The van der Waals surface area contributed by atoms with Crippen LogP contribution in [0.2, 0.25) is 0 Å². The van der Waals surface area contributed by atoms with Gasteiger partial charge in [0, 0.05) is 12.2 Å². The van der Waals surface area contributed by atoms with E-state index in [1.54, 1.807) is 0 Å². The number of anilines is 1. The summed E-state index contributed by atoms with van der Waals surface area (Å²) in [4.78, 5) is 22.9. The summed E-state index contributed by atoms with van der Waals surface area (Å²) in [6.07, 6.45) is 0.977. The number of rotatable bonds is 3. The van der Waals surface area contributed by atoms with Crippen LogP contribution in [0.25, 0.3) is 0 Å². The summed E-state index contributed by atoms with van der Waals surface area (Å²) in [5.41, 5.74) is 2.01. The van der Waals surface area contributed by atoms with Crippen molar-refractivity contribution in [2.75, 3.05) is 18.4 Å². The topological polar surface area (TPSA) is 70.2 Å². The normalized spacial score (nSPS) is 19.2. The predicted octanol–water partition coefficient (Wildman–Crippen LogP) is 0.275. The van der Waals surface area contributed by atoms with Crippen molar-refractivity contribution in [1.82, 2.24) is 10.6 Å². The molecule has 1 aromatic rings. The van der Waals surface area contributed by atoms with Crippen LogP contribution < -0.4 is 16.0 Å². The van der Waals surface area contributed by atoms with Crippen molar-refractivity contribution in [1.29, 1.82) is 0 Å². The number of benzene rings is 1. The molecule has 2 amide bonds. The Morgan fingerprint density at radius 3 is 2.67 bits per heavy atom. The van der Waals surface area contributed by atoms with E-state index in [0.717, 1.165) is 12.1 Å². The van der Waals surface area contributed by atoms with Crippen LogP contribution in [0.4, 0.5) is 5.69 Å². The van der Waals surface area contributed by atoms with E-state index in [2.05, 4.69) is 22.9 Å². The maximum absolute atomic E-state index is 11.9. The first-order valence-corrected chi connectivity index (χ1v) is 6.09. The van der Waals surface area contributed by atoms with Crippen molar-refractivity contribution < 1.29 is 9.59 Å². The van der Waals surface area contributed by atoms with Gasteiger partial charge in [0.1, 0.15) is 6.04 Å². The number of hydrogen-bond donors (Lipinski definition) is 3. The van der Waals surface area contributed by atoms with Crippen molar-refractivity contribution in [3.8, 4) is 0 Å². The lowest BCUT2D eigenvalue weighted by molar-refractivity contribution is -0.124. The van der Waals surface area contributed by atoms with Crippen LogP contribution in [-0.4, -0.2) is 30.9 Å². The molecule has 1 atom stereocenters. The van der Waals surface area contributed by atoms with Gasteiger partial charge in [-0.25, -0.2) is 0 Å². The molecule has 0 spiro atoms. The third-order valence-electron chi connectivity index (χ3n) is 2.96. The van der Waals surface area contributed by atoms with Gasteiger partial charge in [-0.1, -0.05) is 19.1 Å². The van der Waals surface area contributed by atoms with Crippen LogP contribution >= 0.6 is 0 Å². The Morgan fingerprint density at radius 2 is 2.11 bits per heavy atom. The fourth-order valence-electron chi connectivity index (χ4n) is 1.81. The van der Waals surface area contributed by atoms with E-state index in [9.17, 15) is 9.59 Å². The minimum atomic E-state index is -0.367. The van der Waals surface area contributed by atoms with Crippen molar-refractivity contribution in [3.63, 3.8) is 0 Å². The number of amides is 2. The quantitative estimate of drug-likeness (QED) is 0.718. The molecule has 1 saturated heterocycles. The molecular weight excluding hydrogens is 230 g/mol. The van der Waals surface area contributed by atoms with Crippen LogP contribution in [-0.2, 0) is 16.0 Å². The van der Waals surface area contributed by atoms with Crippen LogP contribution in [0.3, 0.4) is 0 Å². The molecule has 18 heavy (non-hydrogen) atoms. The van der Waals surface area contributed by atoms with Crippen LogP contribution in [0.1, 0.15) is 12.5 Å². The van der Waals surface area contributed by atoms with Gasteiger partial charge in [-0.3, -0.25) is 14.9 Å². The molecule has 5 nitrogen and oxygen atoms in total. The van der Waals surface area contributed by atoms with Crippen molar-refractivity contribution >= 4 is 17.5 Å². The highest BCUT2D eigenvalue weighted by atomic mass is 16.2. The van der Waals surface area contributed by atoms with E-state index in [0.29, 0.717) is 6.54 Å². The number of nitrogens with one attached hydrogen (secondary N) is 3. The minimum Gasteiger partial charge on any atom is -0.353 e. The van der Waals surface area contributed by atoms with Crippen LogP contribution in [0.15, 0.2) is 24.3 Å². The molecule has 0 radical (unpaired) electrons. The number of carbonyl (C=O) groups is 2. The zero-order valence-electron chi connectivity index (χ0n) is 10.3. The lowest BCUT2D eigenvalue weighted by Crippen LogP contribution is -2.56. The summed E-state index contributed by atoms with van der Waals surface area (Å²) in [6, 6.07) is 7.39. The van der Waals surface area contributed by atoms with Gasteiger partial charge in [-0.05, 0) is 24.1 Å². The maximum atomic E-state index is 11.9. The zero-order valence-corrected chi connectivity index (χ0v) is 10.3. The molecule has 3 N–H and O–H groups in total. The van der Waals surface area contributed by atoms with Crippen molar-refractivity contribution in [2.45, 2.75) is 19.4 Å². The van der Waals surface area contributed by atoms with Crippen molar-refractivity contribution in [3.05, 3.63) is 29.8 Å². The first-order valence-electron chi connectivity index (χ1n) is 6.09. The van der Waals surface area contributed by atoms with Crippen LogP contribution in [0.5, 0.6) is 0 Å². The molecular formula is C13H17N3O2. The Hall–Kier alpha value is -1.88. The highest BCUT2D eigenvalue weighted by Crippen LogP contribution is 2.10. The summed E-state index contributed by atoms with van der Waals surface area (Å²) < 4.78 is 0. The van der Waals surface area contributed by atoms with Gasteiger partial charge in [0.05, 0.1) is 6.54 Å². The zero-order chi connectivity index (χ0) is 13.0. The number of hydrogen-bond acceptors (Lipinski definition) is 3. The molecule has 0 aliphatic carbocycles. The summed E-state index contributed by atoms with van der Waals surface area (Å²) in [6.45, 7) is 2.60.